The SMILES string of the molecule is CCCN1C(=O)NC(c2cccc(NC(=O)c3cccc([N+](=O)[O-])c3)c2)C(C(=O)OC)=C1C. The molecule has 2 aromatic carbocycles. The molecule has 0 fully saturated rings. The van der Waals surface area contributed by atoms with Crippen molar-refractivity contribution in [2.75, 3.05) is 19.0 Å². The summed E-state index contributed by atoms with van der Waals surface area (Å²) in [5.74, 6) is -1.10. The molecule has 2 N–H and O–H groups in total. The number of benzene rings is 2. The van der Waals surface area contributed by atoms with Crippen LogP contribution >= 0.6 is 0 Å². The van der Waals surface area contributed by atoms with Crippen molar-refractivity contribution in [1.29, 1.82) is 0 Å². The minimum Gasteiger partial charge on any atom is -0.466 e. The number of methoxy groups -OCH3 is 1. The van der Waals surface area contributed by atoms with Crippen molar-refractivity contribution < 1.29 is 24.0 Å². The summed E-state index contributed by atoms with van der Waals surface area (Å²) in [5.41, 5.74) is 1.70. The number of hydrogen-bond donors (Lipinski definition) is 2. The molecule has 172 valence electrons. The minimum atomic E-state index is -0.771. The Kier molecular flexibility index (Phi) is 7.07. The molecule has 33 heavy (non-hydrogen) atoms. The first-order valence-electron chi connectivity index (χ1n) is 10.3. The first kappa shape index (κ1) is 23.5. The molecule has 3 amide bonds. The summed E-state index contributed by atoms with van der Waals surface area (Å²) in [4.78, 5) is 49.8. The van der Waals surface area contributed by atoms with Crippen LogP contribution in [0.15, 0.2) is 59.8 Å². The Balaban J connectivity index is 1.92. The average Bonchev–Trinajstić information content (AvgIpc) is 2.81. The Labute approximate surface area is 190 Å². The summed E-state index contributed by atoms with van der Waals surface area (Å²) < 4.78 is 4.96. The summed E-state index contributed by atoms with van der Waals surface area (Å²) in [7, 11) is 1.27. The zero-order chi connectivity index (χ0) is 24.1. The third-order valence-corrected chi connectivity index (χ3v) is 5.25. The van der Waals surface area contributed by atoms with Crippen molar-refractivity contribution in [3.05, 3.63) is 81.0 Å². The van der Waals surface area contributed by atoms with Gasteiger partial charge in [-0.1, -0.05) is 25.1 Å². The molecule has 0 aromatic heterocycles. The van der Waals surface area contributed by atoms with E-state index in [1.807, 2.05) is 6.92 Å². The number of non-ortho nitro benzene ring substituents is 1. The van der Waals surface area contributed by atoms with Crippen LogP contribution in [0.4, 0.5) is 16.2 Å². The van der Waals surface area contributed by atoms with Gasteiger partial charge in [0.15, 0.2) is 0 Å². The molecule has 10 nitrogen and oxygen atoms in total. The lowest BCUT2D eigenvalue weighted by molar-refractivity contribution is -0.384. The fourth-order valence-corrected chi connectivity index (χ4v) is 3.66. The first-order valence-corrected chi connectivity index (χ1v) is 10.3. The number of nitrogens with one attached hydrogen (secondary N) is 2. The molecular formula is C23H24N4O6. The van der Waals surface area contributed by atoms with Gasteiger partial charge in [0.05, 0.1) is 23.6 Å². The van der Waals surface area contributed by atoms with Crippen LogP contribution in [0.3, 0.4) is 0 Å². The second-order valence-corrected chi connectivity index (χ2v) is 7.41. The molecule has 3 rings (SSSR count). The number of allylic oxidation sites excluding steroid dienone is 1. The van der Waals surface area contributed by atoms with Crippen LogP contribution in [0.2, 0.25) is 0 Å². The van der Waals surface area contributed by atoms with Crippen molar-refractivity contribution in [1.82, 2.24) is 10.2 Å². The summed E-state index contributed by atoms with van der Waals surface area (Å²) in [6.07, 6.45) is 0.711. The zero-order valence-corrected chi connectivity index (χ0v) is 18.5. The van der Waals surface area contributed by atoms with Crippen LogP contribution < -0.4 is 10.6 Å². The molecule has 0 saturated heterocycles. The normalized spacial score (nSPS) is 15.7. The summed E-state index contributed by atoms with van der Waals surface area (Å²) in [6.45, 7) is 4.07. The third-order valence-electron chi connectivity index (χ3n) is 5.25. The van der Waals surface area contributed by atoms with Gasteiger partial charge in [0, 0.05) is 35.6 Å². The molecule has 0 spiro atoms. The molecule has 0 aliphatic carbocycles. The van der Waals surface area contributed by atoms with Gasteiger partial charge in [0.1, 0.15) is 0 Å². The Morgan fingerprint density at radius 2 is 1.94 bits per heavy atom. The number of carbonyl (C=O) groups is 3. The minimum absolute atomic E-state index is 0.127. The molecule has 0 radical (unpaired) electrons. The maximum atomic E-state index is 12.7. The van der Waals surface area contributed by atoms with Crippen molar-refractivity contribution in [2.45, 2.75) is 26.3 Å². The zero-order valence-electron chi connectivity index (χ0n) is 18.5. The Bertz CT molecular complexity index is 1140. The van der Waals surface area contributed by atoms with Gasteiger partial charge in [-0.3, -0.25) is 19.8 Å². The van der Waals surface area contributed by atoms with E-state index in [1.165, 1.54) is 36.3 Å². The lowest BCUT2D eigenvalue weighted by Gasteiger charge is -2.35. The van der Waals surface area contributed by atoms with Gasteiger partial charge >= 0.3 is 12.0 Å². The molecule has 10 heteroatoms. The van der Waals surface area contributed by atoms with E-state index in [0.29, 0.717) is 35.5 Å². The largest absolute Gasteiger partial charge is 0.466 e. The number of urea groups is 1. The second-order valence-electron chi connectivity index (χ2n) is 7.41. The predicted octanol–water partition coefficient (Wildman–Crippen LogP) is 3.77. The maximum Gasteiger partial charge on any atom is 0.337 e. The van der Waals surface area contributed by atoms with Gasteiger partial charge < -0.3 is 15.4 Å². The molecule has 1 atom stereocenters. The van der Waals surface area contributed by atoms with Crippen molar-refractivity contribution in [3.8, 4) is 0 Å². The number of amides is 3. The third kappa shape index (κ3) is 5.00. The number of anilines is 1. The van der Waals surface area contributed by atoms with Gasteiger partial charge in [-0.25, -0.2) is 9.59 Å². The van der Waals surface area contributed by atoms with Crippen LogP contribution in [0.25, 0.3) is 0 Å². The van der Waals surface area contributed by atoms with Crippen LogP contribution in [-0.2, 0) is 9.53 Å². The highest BCUT2D eigenvalue weighted by Crippen LogP contribution is 2.32. The number of hydrogen-bond acceptors (Lipinski definition) is 6. The molecule has 1 aliphatic heterocycles. The van der Waals surface area contributed by atoms with Gasteiger partial charge in [0.2, 0.25) is 0 Å². The molecule has 2 aromatic rings. The van der Waals surface area contributed by atoms with Crippen LogP contribution in [0.1, 0.15) is 42.2 Å². The molecule has 1 unspecified atom stereocenters. The summed E-state index contributed by atoms with van der Waals surface area (Å²) in [5, 5.41) is 16.5. The number of esters is 1. The maximum absolute atomic E-state index is 12.7. The molecular weight excluding hydrogens is 428 g/mol. The molecule has 1 aliphatic rings. The monoisotopic (exact) mass is 452 g/mol. The Morgan fingerprint density at radius 3 is 2.61 bits per heavy atom. The number of rotatable bonds is 7. The van der Waals surface area contributed by atoms with Crippen LogP contribution in [0.5, 0.6) is 0 Å². The highest BCUT2D eigenvalue weighted by Gasteiger charge is 2.36. The predicted molar refractivity (Wildman–Crippen MR) is 120 cm³/mol. The topological polar surface area (TPSA) is 131 Å². The summed E-state index contributed by atoms with van der Waals surface area (Å²) in [6, 6.07) is 10.9. The second kappa shape index (κ2) is 9.94. The van der Waals surface area contributed by atoms with Crippen molar-refractivity contribution >= 4 is 29.3 Å². The van der Waals surface area contributed by atoms with Crippen molar-refractivity contribution in [2.24, 2.45) is 0 Å². The highest BCUT2D eigenvalue weighted by atomic mass is 16.6. The number of nitro groups is 1. The van der Waals surface area contributed by atoms with Gasteiger partial charge in [-0.2, -0.15) is 0 Å². The van der Waals surface area contributed by atoms with Gasteiger partial charge in [-0.05, 0) is 37.1 Å². The Morgan fingerprint density at radius 1 is 1.21 bits per heavy atom. The lowest BCUT2D eigenvalue weighted by atomic mass is 9.94. The smallest absolute Gasteiger partial charge is 0.337 e. The number of nitrogens with zero attached hydrogens (tertiary/aromatic N) is 2. The highest BCUT2D eigenvalue weighted by molar-refractivity contribution is 6.04. The van der Waals surface area contributed by atoms with E-state index < -0.39 is 22.8 Å². The van der Waals surface area contributed by atoms with E-state index in [-0.39, 0.29) is 17.3 Å². The van der Waals surface area contributed by atoms with E-state index in [1.54, 1.807) is 31.2 Å². The molecule has 0 saturated carbocycles. The number of ether oxygens (including phenoxy) is 1. The molecule has 1 heterocycles. The summed E-state index contributed by atoms with van der Waals surface area (Å²) >= 11 is 0. The van der Waals surface area contributed by atoms with E-state index in [9.17, 15) is 24.5 Å². The van der Waals surface area contributed by atoms with Gasteiger partial charge in [-0.15, -0.1) is 0 Å². The fraction of sp³-hybridized carbons (Fsp3) is 0.261. The van der Waals surface area contributed by atoms with Crippen LogP contribution in [0, 0.1) is 10.1 Å². The first-order chi connectivity index (χ1) is 15.8. The number of carbonyl (C=O) groups excluding carboxylic acids is 3. The van der Waals surface area contributed by atoms with E-state index in [0.717, 1.165) is 0 Å². The van der Waals surface area contributed by atoms with Crippen LogP contribution in [-0.4, -0.2) is 41.4 Å². The number of nitro benzene ring substituents is 1. The van der Waals surface area contributed by atoms with E-state index in [4.69, 9.17) is 4.74 Å². The van der Waals surface area contributed by atoms with Gasteiger partial charge in [0.25, 0.3) is 11.6 Å². The van der Waals surface area contributed by atoms with E-state index in [2.05, 4.69) is 10.6 Å². The lowest BCUT2D eigenvalue weighted by Crippen LogP contribution is -2.48. The average molecular weight is 452 g/mol. The fourth-order valence-electron chi connectivity index (χ4n) is 3.66. The standard InChI is InChI=1S/C23H24N4O6/c1-4-11-26-14(2)19(22(29)33-3)20(25-23(26)30)15-7-5-9-17(12-15)24-21(28)16-8-6-10-18(13-16)27(31)32/h5-10,12-13,20H,4,11H2,1-3H3,(H,24,28)(H,25,30). The van der Waals surface area contributed by atoms with E-state index >= 15 is 0 Å². The quantitative estimate of drug-likeness (QED) is 0.373. The molecule has 0 bridgehead atoms. The van der Waals surface area contributed by atoms with Crippen molar-refractivity contribution in [3.63, 3.8) is 0 Å². The Hall–Kier alpha value is -4.21.